The number of carbonyl (C=O) groups is 1. The third-order valence-electron chi connectivity index (χ3n) is 10.2. The summed E-state index contributed by atoms with van der Waals surface area (Å²) in [6.07, 6.45) is 12.8. The molecule has 6 aliphatic rings. The van der Waals surface area contributed by atoms with Gasteiger partial charge in [0.05, 0.1) is 17.1 Å². The SMILES string of the molecule is O=C(/C=C/c1ccccc1)OC1=C2OC3C(O)CCC4(O)C5CC(C=C1)C2C34CCN5CC1CCC1. The minimum absolute atomic E-state index is 0.0737. The first-order valence-electron chi connectivity index (χ1n) is 13.7. The number of allylic oxidation sites excluding steroid dienone is 3. The van der Waals surface area contributed by atoms with Gasteiger partial charge in [0.25, 0.3) is 0 Å². The second kappa shape index (κ2) is 8.30. The summed E-state index contributed by atoms with van der Waals surface area (Å²) in [7, 11) is 0. The van der Waals surface area contributed by atoms with Crippen LogP contribution in [0.15, 0.2) is 60.1 Å². The molecule has 5 fully saturated rings. The molecule has 36 heavy (non-hydrogen) atoms. The average Bonchev–Trinajstić information content (AvgIpc) is 3.21. The number of likely N-dealkylation sites (tertiary alicyclic amines) is 1. The van der Waals surface area contributed by atoms with Crippen LogP contribution in [0.1, 0.15) is 50.5 Å². The number of piperidine rings is 1. The molecule has 7 rings (SSSR count). The van der Waals surface area contributed by atoms with Gasteiger partial charge < -0.3 is 19.7 Å². The summed E-state index contributed by atoms with van der Waals surface area (Å²) in [4.78, 5) is 15.3. The van der Waals surface area contributed by atoms with Gasteiger partial charge in [0.1, 0.15) is 11.9 Å². The van der Waals surface area contributed by atoms with E-state index in [1.807, 2.05) is 36.4 Å². The van der Waals surface area contributed by atoms with Crippen molar-refractivity contribution < 1.29 is 24.5 Å². The number of hydrogen-bond acceptors (Lipinski definition) is 6. The van der Waals surface area contributed by atoms with Crippen molar-refractivity contribution in [2.24, 2.45) is 23.2 Å². The first kappa shape index (κ1) is 22.8. The first-order chi connectivity index (χ1) is 17.5. The van der Waals surface area contributed by atoms with Crippen LogP contribution in [0.25, 0.3) is 6.08 Å². The fourth-order valence-electron chi connectivity index (χ4n) is 8.38. The predicted molar refractivity (Wildman–Crippen MR) is 134 cm³/mol. The predicted octanol–water partition coefficient (Wildman–Crippen LogP) is 3.81. The van der Waals surface area contributed by atoms with Crippen molar-refractivity contribution in [2.75, 3.05) is 13.1 Å². The van der Waals surface area contributed by atoms with Gasteiger partial charge in [-0.2, -0.15) is 0 Å². The molecule has 3 saturated carbocycles. The zero-order valence-electron chi connectivity index (χ0n) is 20.6. The van der Waals surface area contributed by atoms with Gasteiger partial charge >= 0.3 is 5.97 Å². The van der Waals surface area contributed by atoms with E-state index in [1.165, 1.54) is 25.3 Å². The van der Waals surface area contributed by atoms with Crippen molar-refractivity contribution in [3.8, 4) is 0 Å². The molecule has 0 aromatic heterocycles. The van der Waals surface area contributed by atoms with Crippen LogP contribution in [0.5, 0.6) is 0 Å². The van der Waals surface area contributed by atoms with Crippen molar-refractivity contribution >= 4 is 12.0 Å². The van der Waals surface area contributed by atoms with E-state index in [0.29, 0.717) is 24.4 Å². The number of aliphatic hydroxyl groups excluding tert-OH is 1. The van der Waals surface area contributed by atoms with Crippen molar-refractivity contribution in [1.29, 1.82) is 0 Å². The second-order valence-electron chi connectivity index (χ2n) is 11.8. The minimum Gasteiger partial charge on any atom is -0.487 e. The van der Waals surface area contributed by atoms with Crippen LogP contribution in [0.3, 0.4) is 0 Å². The molecule has 6 nitrogen and oxygen atoms in total. The maximum atomic E-state index is 12.7. The van der Waals surface area contributed by atoms with E-state index in [1.54, 1.807) is 6.08 Å². The van der Waals surface area contributed by atoms with Crippen molar-refractivity contribution in [3.05, 3.63) is 65.6 Å². The van der Waals surface area contributed by atoms with Gasteiger partial charge in [-0.15, -0.1) is 0 Å². The molecule has 2 saturated heterocycles. The van der Waals surface area contributed by atoms with E-state index < -0.39 is 29.2 Å². The molecule has 2 N–H and O–H groups in total. The highest BCUT2D eigenvalue weighted by Crippen LogP contribution is 2.70. The Balaban J connectivity index is 1.21. The molecule has 7 atom stereocenters. The number of ether oxygens (including phenoxy) is 2. The van der Waals surface area contributed by atoms with E-state index in [2.05, 4.69) is 11.0 Å². The van der Waals surface area contributed by atoms with Crippen molar-refractivity contribution in [3.63, 3.8) is 0 Å². The fraction of sp³-hybridized carbons (Fsp3) is 0.567. The maximum Gasteiger partial charge on any atom is 0.336 e. The topological polar surface area (TPSA) is 79.2 Å². The van der Waals surface area contributed by atoms with Gasteiger partial charge in [0, 0.05) is 24.6 Å². The molecule has 6 heteroatoms. The Morgan fingerprint density at radius 1 is 1.19 bits per heavy atom. The van der Waals surface area contributed by atoms with Crippen LogP contribution in [-0.4, -0.2) is 58.0 Å². The number of aliphatic hydroxyl groups is 2. The molecule has 1 aromatic rings. The summed E-state index contributed by atoms with van der Waals surface area (Å²) >= 11 is 0. The maximum absolute atomic E-state index is 12.7. The number of rotatable bonds is 5. The smallest absolute Gasteiger partial charge is 0.336 e. The van der Waals surface area contributed by atoms with Gasteiger partial charge in [-0.05, 0) is 74.6 Å². The van der Waals surface area contributed by atoms with Crippen LogP contribution in [0, 0.1) is 23.2 Å². The first-order valence-corrected chi connectivity index (χ1v) is 13.7. The number of carbonyl (C=O) groups excluding carboxylic acids is 1. The number of nitrogens with zero attached hydrogens (tertiary/aromatic N) is 1. The molecule has 1 spiro atoms. The quantitative estimate of drug-likeness (QED) is 0.484. The Hall–Kier alpha value is -2.41. The highest BCUT2D eigenvalue weighted by Gasteiger charge is 2.76. The van der Waals surface area contributed by atoms with E-state index in [4.69, 9.17) is 9.47 Å². The Kier molecular flexibility index (Phi) is 5.25. The molecule has 1 aromatic carbocycles. The van der Waals surface area contributed by atoms with Crippen LogP contribution in [0.2, 0.25) is 0 Å². The van der Waals surface area contributed by atoms with Crippen LogP contribution in [0.4, 0.5) is 0 Å². The Morgan fingerprint density at radius 3 is 2.81 bits per heavy atom. The molecule has 190 valence electrons. The highest BCUT2D eigenvalue weighted by atomic mass is 16.6. The Bertz CT molecular complexity index is 1140. The van der Waals surface area contributed by atoms with Crippen molar-refractivity contribution in [1.82, 2.24) is 4.90 Å². The second-order valence-corrected chi connectivity index (χ2v) is 11.8. The number of benzene rings is 1. The largest absolute Gasteiger partial charge is 0.487 e. The molecule has 2 aliphatic heterocycles. The Labute approximate surface area is 212 Å². The Morgan fingerprint density at radius 2 is 2.03 bits per heavy atom. The van der Waals surface area contributed by atoms with Gasteiger partial charge in [-0.1, -0.05) is 42.8 Å². The van der Waals surface area contributed by atoms with Gasteiger partial charge in [0.15, 0.2) is 5.76 Å². The van der Waals surface area contributed by atoms with Crippen molar-refractivity contribution in [2.45, 2.75) is 68.8 Å². The minimum atomic E-state index is -0.907. The van der Waals surface area contributed by atoms with Crippen LogP contribution < -0.4 is 0 Å². The van der Waals surface area contributed by atoms with E-state index >= 15 is 0 Å². The third kappa shape index (κ3) is 3.17. The summed E-state index contributed by atoms with van der Waals surface area (Å²) in [5.74, 6) is 1.49. The third-order valence-corrected chi connectivity index (χ3v) is 10.2. The normalized spacial score (nSPS) is 41.1. The lowest BCUT2D eigenvalue weighted by Crippen LogP contribution is -2.77. The summed E-state index contributed by atoms with van der Waals surface area (Å²) in [6.45, 7) is 1.99. The van der Waals surface area contributed by atoms with Crippen LogP contribution in [-0.2, 0) is 14.3 Å². The average molecular weight is 490 g/mol. The monoisotopic (exact) mass is 489 g/mol. The van der Waals surface area contributed by atoms with E-state index in [-0.39, 0.29) is 17.9 Å². The summed E-state index contributed by atoms with van der Waals surface area (Å²) in [5, 5.41) is 23.6. The van der Waals surface area contributed by atoms with Gasteiger partial charge in [0.2, 0.25) is 0 Å². The summed E-state index contributed by atoms with van der Waals surface area (Å²) in [6, 6.07) is 9.72. The lowest BCUT2D eigenvalue weighted by molar-refractivity contribution is -0.268. The summed E-state index contributed by atoms with van der Waals surface area (Å²) < 4.78 is 12.3. The molecule has 7 unspecified atom stereocenters. The standard InChI is InChI=1S/C30H35NO5/c32-22-13-14-30(34)24-17-21-10-11-23(35-25(33)12-9-19-5-2-1-3-6-19)27-26(21)29(30,28(22)36-27)15-16-31(24)18-20-7-4-8-20/h1-3,5-6,9-12,20-22,24,26,28,32,34H,4,7-8,13-18H2/b12-9+. The highest BCUT2D eigenvalue weighted by molar-refractivity contribution is 5.88. The van der Waals surface area contributed by atoms with Crippen LogP contribution >= 0.6 is 0 Å². The molecule has 0 radical (unpaired) electrons. The number of esters is 1. The fourth-order valence-corrected chi connectivity index (χ4v) is 8.38. The molecule has 2 heterocycles. The zero-order chi connectivity index (χ0) is 24.5. The molecule has 0 amide bonds. The number of hydrogen-bond donors (Lipinski definition) is 2. The molecular weight excluding hydrogens is 454 g/mol. The lowest BCUT2D eigenvalue weighted by Gasteiger charge is -2.67. The molecule has 2 bridgehead atoms. The van der Waals surface area contributed by atoms with Gasteiger partial charge in [-0.25, -0.2) is 4.79 Å². The molecular formula is C30H35NO5. The van der Waals surface area contributed by atoms with Gasteiger partial charge in [-0.3, -0.25) is 4.90 Å². The van der Waals surface area contributed by atoms with E-state index in [9.17, 15) is 15.0 Å². The van der Waals surface area contributed by atoms with E-state index in [0.717, 1.165) is 37.4 Å². The summed E-state index contributed by atoms with van der Waals surface area (Å²) in [5.41, 5.74) is -0.532. The zero-order valence-corrected chi connectivity index (χ0v) is 20.6. The lowest BCUT2D eigenvalue weighted by atomic mass is 9.44. The molecule has 4 aliphatic carbocycles.